The van der Waals surface area contributed by atoms with Gasteiger partial charge in [0.2, 0.25) is 0 Å². The average Bonchev–Trinajstić information content (AvgIpc) is 2.69. The van der Waals surface area contributed by atoms with Crippen LogP contribution in [0, 0.1) is 5.92 Å². The van der Waals surface area contributed by atoms with Crippen molar-refractivity contribution in [1.29, 1.82) is 0 Å². The Hall–Kier alpha value is -2.28. The Morgan fingerprint density at radius 3 is 2.46 bits per heavy atom. The maximum atomic E-state index is 12.9. The molecule has 1 amide bonds. The Morgan fingerprint density at radius 2 is 1.93 bits per heavy atom. The molecule has 0 radical (unpaired) electrons. The molecule has 7 nitrogen and oxygen atoms in total. The van der Waals surface area contributed by atoms with Gasteiger partial charge in [-0.2, -0.15) is 0 Å². The lowest BCUT2D eigenvalue weighted by atomic mass is 10.0. The lowest BCUT2D eigenvalue weighted by molar-refractivity contribution is -0.139. The van der Waals surface area contributed by atoms with Crippen LogP contribution < -0.4 is 9.47 Å². The topological polar surface area (TPSA) is 79.3 Å². The van der Waals surface area contributed by atoms with Gasteiger partial charge in [0.25, 0.3) is 5.91 Å². The summed E-state index contributed by atoms with van der Waals surface area (Å²) in [4.78, 5) is 27.7. The second-order valence-corrected chi connectivity index (χ2v) is 7.55. The molecule has 28 heavy (non-hydrogen) atoms. The zero-order valence-electron chi connectivity index (χ0n) is 17.3. The number of rotatable bonds is 9. The summed E-state index contributed by atoms with van der Waals surface area (Å²) in [6.07, 6.45) is 1.55. The van der Waals surface area contributed by atoms with E-state index in [0.29, 0.717) is 49.2 Å². The second-order valence-electron chi connectivity index (χ2n) is 7.55. The number of aliphatic carboxylic acids is 1. The molecule has 1 aromatic rings. The molecule has 0 bridgehead atoms. The molecule has 1 heterocycles. The van der Waals surface area contributed by atoms with Gasteiger partial charge in [-0.1, -0.05) is 20.8 Å². The van der Waals surface area contributed by atoms with Crippen LogP contribution in [0.3, 0.4) is 0 Å². The zero-order valence-corrected chi connectivity index (χ0v) is 17.3. The van der Waals surface area contributed by atoms with Crippen molar-refractivity contribution in [2.75, 3.05) is 39.9 Å². The van der Waals surface area contributed by atoms with Crippen LogP contribution in [0.5, 0.6) is 11.5 Å². The molecule has 1 N–H and O–H groups in total. The SMILES string of the molecule is CCN(CC(=O)O)C1CCN(C(=O)c2ccc(OCC(C)C)c(OC)c2)CC1. The summed E-state index contributed by atoms with van der Waals surface area (Å²) in [7, 11) is 1.57. The maximum absolute atomic E-state index is 12.9. The number of carbonyl (C=O) groups excluding carboxylic acids is 1. The van der Waals surface area contributed by atoms with Crippen LogP contribution in [-0.2, 0) is 4.79 Å². The molecule has 0 saturated carbocycles. The molecule has 1 aromatic carbocycles. The van der Waals surface area contributed by atoms with Crippen molar-refractivity contribution >= 4 is 11.9 Å². The van der Waals surface area contributed by atoms with E-state index >= 15 is 0 Å². The molecule has 0 aromatic heterocycles. The van der Waals surface area contributed by atoms with E-state index in [1.54, 1.807) is 25.3 Å². The third-order valence-electron chi connectivity index (χ3n) is 5.00. The first kappa shape index (κ1) is 22.0. The molecule has 1 aliphatic heterocycles. The Kier molecular flexibility index (Phi) is 8.11. The minimum Gasteiger partial charge on any atom is -0.493 e. The van der Waals surface area contributed by atoms with Crippen molar-refractivity contribution in [2.24, 2.45) is 5.92 Å². The van der Waals surface area contributed by atoms with E-state index in [0.717, 1.165) is 12.8 Å². The highest BCUT2D eigenvalue weighted by molar-refractivity contribution is 5.95. The number of ether oxygens (including phenoxy) is 2. The highest BCUT2D eigenvalue weighted by atomic mass is 16.5. The summed E-state index contributed by atoms with van der Waals surface area (Å²) in [6.45, 7) is 8.68. The van der Waals surface area contributed by atoms with Crippen molar-refractivity contribution in [3.8, 4) is 11.5 Å². The number of nitrogens with zero attached hydrogens (tertiary/aromatic N) is 2. The molecule has 0 aliphatic carbocycles. The van der Waals surface area contributed by atoms with Gasteiger partial charge in [0.05, 0.1) is 20.3 Å². The van der Waals surface area contributed by atoms with E-state index in [-0.39, 0.29) is 18.5 Å². The van der Waals surface area contributed by atoms with Crippen LogP contribution in [0.4, 0.5) is 0 Å². The highest BCUT2D eigenvalue weighted by Crippen LogP contribution is 2.29. The molecule has 0 unspecified atom stereocenters. The predicted molar refractivity (Wildman–Crippen MR) is 107 cm³/mol. The number of likely N-dealkylation sites (N-methyl/N-ethyl adjacent to an activating group) is 1. The number of carboxylic acid groups (broad SMARTS) is 1. The van der Waals surface area contributed by atoms with Gasteiger partial charge >= 0.3 is 5.97 Å². The van der Waals surface area contributed by atoms with Crippen LogP contribution in [0.1, 0.15) is 44.0 Å². The second kappa shape index (κ2) is 10.3. The highest BCUT2D eigenvalue weighted by Gasteiger charge is 2.28. The molecule has 0 spiro atoms. The molecular weight excluding hydrogens is 360 g/mol. The van der Waals surface area contributed by atoms with Crippen LogP contribution in [0.2, 0.25) is 0 Å². The number of amides is 1. The normalized spacial score (nSPS) is 15.1. The van der Waals surface area contributed by atoms with Crippen LogP contribution in [0.15, 0.2) is 18.2 Å². The number of carboxylic acids is 1. The van der Waals surface area contributed by atoms with Gasteiger partial charge in [0, 0.05) is 24.7 Å². The fourth-order valence-electron chi connectivity index (χ4n) is 3.47. The first-order chi connectivity index (χ1) is 13.3. The Morgan fingerprint density at radius 1 is 1.25 bits per heavy atom. The van der Waals surface area contributed by atoms with Crippen molar-refractivity contribution in [2.45, 2.75) is 39.7 Å². The summed E-state index contributed by atoms with van der Waals surface area (Å²) in [6, 6.07) is 5.49. The quantitative estimate of drug-likeness (QED) is 0.696. The summed E-state index contributed by atoms with van der Waals surface area (Å²) in [5, 5.41) is 9.05. The molecule has 1 saturated heterocycles. The summed E-state index contributed by atoms with van der Waals surface area (Å²) in [5.74, 6) is 0.746. The van der Waals surface area contributed by atoms with Gasteiger partial charge in [-0.05, 0) is 43.5 Å². The lowest BCUT2D eigenvalue weighted by Crippen LogP contribution is -2.48. The van der Waals surface area contributed by atoms with Gasteiger partial charge in [-0.3, -0.25) is 14.5 Å². The van der Waals surface area contributed by atoms with Gasteiger partial charge in [-0.15, -0.1) is 0 Å². The van der Waals surface area contributed by atoms with Gasteiger partial charge < -0.3 is 19.5 Å². The van der Waals surface area contributed by atoms with E-state index in [1.165, 1.54) is 0 Å². The maximum Gasteiger partial charge on any atom is 0.317 e. The number of methoxy groups -OCH3 is 1. The molecule has 7 heteroatoms. The third-order valence-corrected chi connectivity index (χ3v) is 5.00. The van der Waals surface area contributed by atoms with E-state index in [2.05, 4.69) is 13.8 Å². The standard InChI is InChI=1S/C21H32N2O5/c1-5-22(13-20(24)25)17-8-10-23(11-9-17)21(26)16-6-7-18(19(12-16)27-4)28-14-15(2)3/h6-7,12,15,17H,5,8-11,13-14H2,1-4H3,(H,24,25). The number of hydrogen-bond donors (Lipinski definition) is 1. The summed E-state index contributed by atoms with van der Waals surface area (Å²) in [5.41, 5.74) is 0.574. The molecule has 2 rings (SSSR count). The Bertz CT molecular complexity index is 669. The monoisotopic (exact) mass is 392 g/mol. The average molecular weight is 392 g/mol. The lowest BCUT2D eigenvalue weighted by Gasteiger charge is -2.37. The van der Waals surface area contributed by atoms with Gasteiger partial charge in [0.15, 0.2) is 11.5 Å². The van der Waals surface area contributed by atoms with E-state index in [4.69, 9.17) is 14.6 Å². The number of piperidine rings is 1. The first-order valence-electron chi connectivity index (χ1n) is 9.91. The first-order valence-corrected chi connectivity index (χ1v) is 9.91. The smallest absolute Gasteiger partial charge is 0.317 e. The van der Waals surface area contributed by atoms with E-state index in [1.807, 2.05) is 16.7 Å². The Balaban J connectivity index is 2.00. The van der Waals surface area contributed by atoms with Crippen molar-refractivity contribution in [1.82, 2.24) is 9.80 Å². The van der Waals surface area contributed by atoms with Crippen LogP contribution >= 0.6 is 0 Å². The molecule has 1 aliphatic rings. The number of benzene rings is 1. The van der Waals surface area contributed by atoms with Gasteiger partial charge in [0.1, 0.15) is 0 Å². The van der Waals surface area contributed by atoms with Crippen LogP contribution in [0.25, 0.3) is 0 Å². The van der Waals surface area contributed by atoms with Gasteiger partial charge in [-0.25, -0.2) is 0 Å². The third kappa shape index (κ3) is 5.86. The molecular formula is C21H32N2O5. The fraction of sp³-hybridized carbons (Fsp3) is 0.619. The molecule has 1 fully saturated rings. The number of likely N-dealkylation sites (tertiary alicyclic amines) is 1. The molecule has 156 valence electrons. The summed E-state index contributed by atoms with van der Waals surface area (Å²) >= 11 is 0. The largest absolute Gasteiger partial charge is 0.493 e. The minimum absolute atomic E-state index is 0.0338. The molecule has 0 atom stereocenters. The summed E-state index contributed by atoms with van der Waals surface area (Å²) < 4.78 is 11.1. The predicted octanol–water partition coefficient (Wildman–Crippen LogP) is 2.74. The van der Waals surface area contributed by atoms with E-state index < -0.39 is 5.97 Å². The number of hydrogen-bond acceptors (Lipinski definition) is 5. The van der Waals surface area contributed by atoms with Crippen molar-refractivity contribution < 1.29 is 24.2 Å². The zero-order chi connectivity index (χ0) is 20.7. The minimum atomic E-state index is -0.813. The van der Waals surface area contributed by atoms with E-state index in [9.17, 15) is 9.59 Å². The van der Waals surface area contributed by atoms with Crippen molar-refractivity contribution in [3.05, 3.63) is 23.8 Å². The fourth-order valence-corrected chi connectivity index (χ4v) is 3.47. The number of carbonyl (C=O) groups is 2. The Labute approximate surface area is 167 Å². The van der Waals surface area contributed by atoms with Crippen molar-refractivity contribution in [3.63, 3.8) is 0 Å². The van der Waals surface area contributed by atoms with Crippen LogP contribution in [-0.4, -0.2) is 72.7 Å².